The SMILES string of the molecule is CCC(CC1CC1(C)C)CC1(C)CC1C. The summed E-state index contributed by atoms with van der Waals surface area (Å²) in [6, 6.07) is 0. The fourth-order valence-electron chi connectivity index (χ4n) is 3.36. The van der Waals surface area contributed by atoms with Crippen molar-refractivity contribution in [3.05, 3.63) is 0 Å². The van der Waals surface area contributed by atoms with Crippen LogP contribution in [-0.2, 0) is 0 Å². The molecule has 2 fully saturated rings. The molecule has 0 amide bonds. The standard InChI is InChI=1S/C15H28/c1-6-12(7-13-10-14(13,3)4)9-15(5)8-11(15)2/h11-13H,6-10H2,1-5H3. The molecule has 0 N–H and O–H groups in total. The van der Waals surface area contributed by atoms with Gasteiger partial charge in [-0.1, -0.05) is 41.0 Å². The Bertz CT molecular complexity index is 240. The highest BCUT2D eigenvalue weighted by Gasteiger charge is 2.50. The van der Waals surface area contributed by atoms with Gasteiger partial charge < -0.3 is 0 Å². The van der Waals surface area contributed by atoms with E-state index in [1.165, 1.54) is 32.1 Å². The Morgan fingerprint density at radius 3 is 2.07 bits per heavy atom. The average molecular weight is 208 g/mol. The lowest BCUT2D eigenvalue weighted by molar-refractivity contribution is 0.305. The van der Waals surface area contributed by atoms with Gasteiger partial charge >= 0.3 is 0 Å². The third-order valence-electron chi connectivity index (χ3n) is 5.47. The van der Waals surface area contributed by atoms with Crippen molar-refractivity contribution < 1.29 is 0 Å². The van der Waals surface area contributed by atoms with Crippen LogP contribution >= 0.6 is 0 Å². The minimum absolute atomic E-state index is 0.684. The molecular weight excluding hydrogens is 180 g/mol. The van der Waals surface area contributed by atoms with Crippen LogP contribution in [0.5, 0.6) is 0 Å². The predicted molar refractivity (Wildman–Crippen MR) is 66.8 cm³/mol. The van der Waals surface area contributed by atoms with Gasteiger partial charge in [-0.05, 0) is 54.3 Å². The fraction of sp³-hybridized carbons (Fsp3) is 1.00. The van der Waals surface area contributed by atoms with Crippen LogP contribution in [0.1, 0.15) is 66.7 Å². The van der Waals surface area contributed by atoms with Crippen molar-refractivity contribution in [3.63, 3.8) is 0 Å². The van der Waals surface area contributed by atoms with Gasteiger partial charge in [-0.15, -0.1) is 0 Å². The van der Waals surface area contributed by atoms with E-state index in [9.17, 15) is 0 Å². The molecule has 0 heterocycles. The highest BCUT2D eigenvalue weighted by atomic mass is 14.5. The van der Waals surface area contributed by atoms with E-state index >= 15 is 0 Å². The van der Waals surface area contributed by atoms with Crippen molar-refractivity contribution in [2.24, 2.45) is 28.6 Å². The van der Waals surface area contributed by atoms with Crippen LogP contribution < -0.4 is 0 Å². The third kappa shape index (κ3) is 2.40. The van der Waals surface area contributed by atoms with E-state index < -0.39 is 0 Å². The summed E-state index contributed by atoms with van der Waals surface area (Å²) < 4.78 is 0. The lowest BCUT2D eigenvalue weighted by atomic mass is 9.85. The first-order valence-electron chi connectivity index (χ1n) is 6.87. The fourth-order valence-corrected chi connectivity index (χ4v) is 3.36. The van der Waals surface area contributed by atoms with E-state index in [1.807, 2.05) is 0 Å². The molecule has 0 saturated heterocycles. The summed E-state index contributed by atoms with van der Waals surface area (Å²) in [4.78, 5) is 0. The van der Waals surface area contributed by atoms with Gasteiger partial charge in [0.05, 0.1) is 0 Å². The molecule has 0 aromatic carbocycles. The largest absolute Gasteiger partial charge is 0.0651 e. The molecule has 15 heavy (non-hydrogen) atoms. The number of hydrogen-bond donors (Lipinski definition) is 0. The van der Waals surface area contributed by atoms with Crippen molar-refractivity contribution in [1.29, 1.82) is 0 Å². The van der Waals surface area contributed by atoms with Gasteiger partial charge in [0.2, 0.25) is 0 Å². The van der Waals surface area contributed by atoms with Crippen LogP contribution in [0.2, 0.25) is 0 Å². The van der Waals surface area contributed by atoms with Crippen molar-refractivity contribution in [3.8, 4) is 0 Å². The molecule has 2 saturated carbocycles. The summed E-state index contributed by atoms with van der Waals surface area (Å²) in [5.74, 6) is 3.05. The molecule has 0 heteroatoms. The first kappa shape index (κ1) is 11.5. The Kier molecular flexibility index (Phi) is 2.68. The average Bonchev–Trinajstić information content (AvgIpc) is 2.91. The molecular formula is C15H28. The van der Waals surface area contributed by atoms with Gasteiger partial charge in [-0.2, -0.15) is 0 Å². The van der Waals surface area contributed by atoms with Gasteiger partial charge in [0, 0.05) is 0 Å². The molecule has 0 aromatic heterocycles. The molecule has 2 rings (SSSR count). The molecule has 0 bridgehead atoms. The van der Waals surface area contributed by atoms with Crippen molar-refractivity contribution in [2.45, 2.75) is 66.7 Å². The summed E-state index contributed by atoms with van der Waals surface area (Å²) in [5, 5.41) is 0. The van der Waals surface area contributed by atoms with E-state index in [1.54, 1.807) is 0 Å². The second-order valence-electron chi connectivity index (χ2n) is 7.36. The lowest BCUT2D eigenvalue weighted by Crippen LogP contribution is -2.10. The van der Waals surface area contributed by atoms with E-state index in [0.29, 0.717) is 5.41 Å². The molecule has 4 unspecified atom stereocenters. The Balaban J connectivity index is 1.79. The molecule has 0 aliphatic heterocycles. The van der Waals surface area contributed by atoms with Crippen LogP contribution in [0.15, 0.2) is 0 Å². The summed E-state index contributed by atoms with van der Waals surface area (Å²) in [5.41, 5.74) is 1.41. The van der Waals surface area contributed by atoms with Crippen LogP contribution in [0.4, 0.5) is 0 Å². The molecule has 0 radical (unpaired) electrons. The molecule has 0 aromatic rings. The van der Waals surface area contributed by atoms with Crippen LogP contribution in [0, 0.1) is 28.6 Å². The predicted octanol–water partition coefficient (Wildman–Crippen LogP) is 4.89. The van der Waals surface area contributed by atoms with Crippen molar-refractivity contribution in [2.75, 3.05) is 0 Å². The Morgan fingerprint density at radius 2 is 1.73 bits per heavy atom. The van der Waals surface area contributed by atoms with E-state index in [0.717, 1.165) is 23.2 Å². The van der Waals surface area contributed by atoms with E-state index in [2.05, 4.69) is 34.6 Å². The molecule has 0 nitrogen and oxygen atoms in total. The maximum atomic E-state index is 2.50. The minimum atomic E-state index is 0.684. The number of hydrogen-bond acceptors (Lipinski definition) is 0. The molecule has 2 aliphatic rings. The zero-order valence-corrected chi connectivity index (χ0v) is 11.3. The Labute approximate surface area is 95.8 Å². The monoisotopic (exact) mass is 208 g/mol. The summed E-state index contributed by atoms with van der Waals surface area (Å²) in [7, 11) is 0. The van der Waals surface area contributed by atoms with Gasteiger partial charge in [0.1, 0.15) is 0 Å². The first-order chi connectivity index (χ1) is 6.87. The zero-order valence-electron chi connectivity index (χ0n) is 11.3. The lowest BCUT2D eigenvalue weighted by Gasteiger charge is -2.20. The van der Waals surface area contributed by atoms with Crippen LogP contribution in [0.25, 0.3) is 0 Å². The second-order valence-corrected chi connectivity index (χ2v) is 7.36. The van der Waals surface area contributed by atoms with Crippen molar-refractivity contribution in [1.82, 2.24) is 0 Å². The highest BCUT2D eigenvalue weighted by molar-refractivity contribution is 5.00. The molecule has 0 spiro atoms. The molecule has 88 valence electrons. The van der Waals surface area contributed by atoms with Crippen LogP contribution in [0.3, 0.4) is 0 Å². The molecule has 2 aliphatic carbocycles. The Hall–Kier alpha value is 0. The maximum absolute atomic E-state index is 2.50. The van der Waals surface area contributed by atoms with E-state index in [4.69, 9.17) is 0 Å². The second kappa shape index (κ2) is 3.50. The van der Waals surface area contributed by atoms with Gasteiger partial charge in [0.15, 0.2) is 0 Å². The Morgan fingerprint density at radius 1 is 1.20 bits per heavy atom. The maximum Gasteiger partial charge on any atom is -0.0295 e. The highest BCUT2D eigenvalue weighted by Crippen LogP contribution is 2.59. The third-order valence-corrected chi connectivity index (χ3v) is 5.47. The summed E-state index contributed by atoms with van der Waals surface area (Å²) in [6.07, 6.45) is 7.37. The van der Waals surface area contributed by atoms with Gasteiger partial charge in [0.25, 0.3) is 0 Å². The summed E-state index contributed by atoms with van der Waals surface area (Å²) in [6.45, 7) is 12.2. The minimum Gasteiger partial charge on any atom is -0.0651 e. The normalized spacial score (nSPS) is 43.8. The van der Waals surface area contributed by atoms with Crippen LogP contribution in [-0.4, -0.2) is 0 Å². The number of rotatable bonds is 5. The summed E-state index contributed by atoms with van der Waals surface area (Å²) >= 11 is 0. The smallest absolute Gasteiger partial charge is 0.0295 e. The van der Waals surface area contributed by atoms with Crippen molar-refractivity contribution >= 4 is 0 Å². The van der Waals surface area contributed by atoms with Gasteiger partial charge in [-0.25, -0.2) is 0 Å². The first-order valence-corrected chi connectivity index (χ1v) is 6.87. The van der Waals surface area contributed by atoms with E-state index in [-0.39, 0.29) is 0 Å². The molecule has 4 atom stereocenters. The van der Waals surface area contributed by atoms with Gasteiger partial charge in [-0.3, -0.25) is 0 Å². The zero-order chi connectivity index (χ0) is 11.3. The quantitative estimate of drug-likeness (QED) is 0.604. The topological polar surface area (TPSA) is 0 Å².